The van der Waals surface area contributed by atoms with Crippen molar-refractivity contribution in [2.24, 2.45) is 0 Å². The lowest BCUT2D eigenvalue weighted by molar-refractivity contribution is 0.191. The molecule has 1 rings (SSSR count). The second kappa shape index (κ2) is 1.58. The van der Waals surface area contributed by atoms with Gasteiger partial charge in [0.15, 0.2) is 0 Å². The summed E-state index contributed by atoms with van der Waals surface area (Å²) in [4.78, 5) is 10.9. The van der Waals surface area contributed by atoms with Crippen LogP contribution in [-0.4, -0.2) is 11.9 Å². The van der Waals surface area contributed by atoms with E-state index in [9.17, 15) is 4.79 Å². The van der Waals surface area contributed by atoms with Gasteiger partial charge in [-0.05, 0) is 11.8 Å². The predicted molar refractivity (Wildman–Crippen MR) is 28.1 cm³/mol. The van der Waals surface area contributed by atoms with E-state index in [0.29, 0.717) is 6.61 Å². The molecule has 7 heavy (non-hydrogen) atoms. The molecular weight excluding hydrogens is 112 g/mol. The fraction of sp³-hybridized carbons (Fsp3) is 0.250. The highest BCUT2D eigenvalue weighted by molar-refractivity contribution is 8.16. The summed E-state index contributed by atoms with van der Waals surface area (Å²) < 4.78 is 4.49. The molecule has 0 aromatic heterocycles. The normalized spacial score (nSPS) is 20.0. The summed E-state index contributed by atoms with van der Waals surface area (Å²) in [7, 11) is 0. The minimum atomic E-state index is -0.231. The van der Waals surface area contributed by atoms with E-state index in [1.54, 1.807) is 0 Å². The Hall–Kier alpha value is -0.440. The Balaban J connectivity index is 2.55. The van der Waals surface area contributed by atoms with Crippen LogP contribution in [0.3, 0.4) is 0 Å². The number of hydrogen-bond acceptors (Lipinski definition) is 3. The lowest BCUT2D eigenvalue weighted by atomic mass is 10.7. The molecule has 0 aliphatic carbocycles. The molecule has 0 spiro atoms. The van der Waals surface area contributed by atoms with Crippen molar-refractivity contribution in [3.8, 4) is 0 Å². The third-order valence-corrected chi connectivity index (χ3v) is 1.27. The van der Waals surface area contributed by atoms with E-state index in [2.05, 4.69) is 11.3 Å². The van der Waals surface area contributed by atoms with E-state index in [1.165, 1.54) is 0 Å². The van der Waals surface area contributed by atoms with Gasteiger partial charge in [-0.15, -0.1) is 0 Å². The van der Waals surface area contributed by atoms with Gasteiger partial charge in [0.05, 0.1) is 0 Å². The minimum absolute atomic E-state index is 0.231. The van der Waals surface area contributed by atoms with Crippen LogP contribution in [0, 0.1) is 0 Å². The van der Waals surface area contributed by atoms with Gasteiger partial charge in [-0.25, -0.2) is 4.79 Å². The molecule has 1 heterocycles. The molecule has 1 aliphatic heterocycles. The molecule has 0 amide bonds. The summed E-state index contributed by atoms with van der Waals surface area (Å²) in [6.45, 7) is 3.91. The average Bonchev–Trinajstić information content (AvgIpc) is 1.87. The fourth-order valence-electron chi connectivity index (χ4n) is 0.316. The number of carbonyl (C=O) groups excluding carboxylic acids is 1. The summed E-state index contributed by atoms with van der Waals surface area (Å²) in [5, 5.41) is -0.231. The third kappa shape index (κ3) is 0.962. The topological polar surface area (TPSA) is 26.3 Å². The molecule has 0 unspecified atom stereocenters. The minimum Gasteiger partial charge on any atom is -0.452 e. The maximum absolute atomic E-state index is 10.1. The van der Waals surface area contributed by atoms with Gasteiger partial charge in [0.2, 0.25) is 0 Å². The van der Waals surface area contributed by atoms with Crippen molar-refractivity contribution in [1.82, 2.24) is 0 Å². The summed E-state index contributed by atoms with van der Waals surface area (Å²) >= 11 is 1.06. The Bertz CT molecular complexity index is 105. The molecule has 0 bridgehead atoms. The van der Waals surface area contributed by atoms with Crippen LogP contribution < -0.4 is 0 Å². The molecule has 2 nitrogen and oxygen atoms in total. The van der Waals surface area contributed by atoms with E-state index in [-0.39, 0.29) is 5.30 Å². The zero-order valence-electron chi connectivity index (χ0n) is 3.64. The first-order valence-corrected chi connectivity index (χ1v) is 2.63. The molecule has 0 atom stereocenters. The van der Waals surface area contributed by atoms with E-state index in [1.807, 2.05) is 0 Å². The average molecular weight is 116 g/mol. The fourth-order valence-corrected chi connectivity index (χ4v) is 0.788. The van der Waals surface area contributed by atoms with Gasteiger partial charge < -0.3 is 4.74 Å². The molecule has 1 fully saturated rings. The van der Waals surface area contributed by atoms with Crippen LogP contribution in [0.25, 0.3) is 0 Å². The summed E-state index contributed by atoms with van der Waals surface area (Å²) in [6, 6.07) is 0. The molecule has 38 valence electrons. The van der Waals surface area contributed by atoms with E-state index < -0.39 is 0 Å². The van der Waals surface area contributed by atoms with Gasteiger partial charge in [0, 0.05) is 4.91 Å². The lowest BCUT2D eigenvalue weighted by Gasteiger charge is -1.79. The van der Waals surface area contributed by atoms with Gasteiger partial charge in [-0.2, -0.15) is 0 Å². The van der Waals surface area contributed by atoms with Crippen LogP contribution in [0.2, 0.25) is 0 Å². The molecule has 0 saturated carbocycles. The number of hydrogen-bond donors (Lipinski definition) is 0. The van der Waals surface area contributed by atoms with E-state index in [4.69, 9.17) is 0 Å². The van der Waals surface area contributed by atoms with Crippen molar-refractivity contribution >= 4 is 17.1 Å². The van der Waals surface area contributed by atoms with Crippen LogP contribution in [0.15, 0.2) is 11.5 Å². The first-order valence-electron chi connectivity index (χ1n) is 1.81. The Kier molecular flexibility index (Phi) is 1.06. The van der Waals surface area contributed by atoms with E-state index >= 15 is 0 Å². The number of cyclic esters (lactones) is 1. The first-order chi connectivity index (χ1) is 3.29. The molecule has 0 N–H and O–H groups in total. The monoisotopic (exact) mass is 116 g/mol. The summed E-state index contributed by atoms with van der Waals surface area (Å²) in [5.74, 6) is 0. The van der Waals surface area contributed by atoms with Crippen molar-refractivity contribution < 1.29 is 9.53 Å². The first kappa shape index (κ1) is 4.71. The van der Waals surface area contributed by atoms with Gasteiger partial charge in [-0.1, -0.05) is 6.58 Å². The number of thioether (sulfide) groups is 1. The Morgan fingerprint density at radius 1 is 1.86 bits per heavy atom. The highest BCUT2D eigenvalue weighted by Gasteiger charge is 2.14. The van der Waals surface area contributed by atoms with Crippen LogP contribution in [0.4, 0.5) is 4.79 Å². The highest BCUT2D eigenvalue weighted by Crippen LogP contribution is 2.23. The number of carbonyl (C=O) groups is 1. The number of rotatable bonds is 0. The largest absolute Gasteiger partial charge is 0.452 e. The Morgan fingerprint density at radius 3 is 2.71 bits per heavy atom. The molecular formula is C4H4O2S. The van der Waals surface area contributed by atoms with Gasteiger partial charge in [0.1, 0.15) is 6.61 Å². The standard InChI is InChI=1S/C4H4O2S/c1-3-2-6-4(5)7-3/h1-2H2. The molecule has 1 saturated heterocycles. The van der Waals surface area contributed by atoms with Crippen molar-refractivity contribution in [3.63, 3.8) is 0 Å². The van der Waals surface area contributed by atoms with Gasteiger partial charge in [0.25, 0.3) is 0 Å². The van der Waals surface area contributed by atoms with E-state index in [0.717, 1.165) is 16.7 Å². The smallest absolute Gasteiger partial charge is 0.372 e. The molecule has 0 radical (unpaired) electrons. The van der Waals surface area contributed by atoms with Crippen LogP contribution >= 0.6 is 11.8 Å². The Labute approximate surface area is 45.5 Å². The highest BCUT2D eigenvalue weighted by atomic mass is 32.2. The second-order valence-corrected chi connectivity index (χ2v) is 2.29. The third-order valence-electron chi connectivity index (χ3n) is 0.579. The molecule has 1 aliphatic rings. The quantitative estimate of drug-likeness (QED) is 0.447. The Morgan fingerprint density at radius 2 is 2.57 bits per heavy atom. The van der Waals surface area contributed by atoms with Crippen molar-refractivity contribution in [1.29, 1.82) is 0 Å². The zero-order valence-corrected chi connectivity index (χ0v) is 4.46. The zero-order chi connectivity index (χ0) is 5.28. The predicted octanol–water partition coefficient (Wildman–Crippen LogP) is 1.38. The van der Waals surface area contributed by atoms with Crippen molar-refractivity contribution in [2.45, 2.75) is 0 Å². The molecule has 0 aromatic carbocycles. The van der Waals surface area contributed by atoms with Crippen molar-refractivity contribution in [2.75, 3.05) is 6.61 Å². The second-order valence-electron chi connectivity index (χ2n) is 1.18. The lowest BCUT2D eigenvalue weighted by Crippen LogP contribution is -1.82. The van der Waals surface area contributed by atoms with Crippen LogP contribution in [0.5, 0.6) is 0 Å². The van der Waals surface area contributed by atoms with Crippen molar-refractivity contribution in [3.05, 3.63) is 11.5 Å². The molecule has 0 aromatic rings. The van der Waals surface area contributed by atoms with Gasteiger partial charge >= 0.3 is 5.30 Å². The van der Waals surface area contributed by atoms with Crippen LogP contribution in [-0.2, 0) is 4.74 Å². The van der Waals surface area contributed by atoms with Crippen LogP contribution in [0.1, 0.15) is 0 Å². The summed E-state index contributed by atoms with van der Waals surface area (Å²) in [5.41, 5.74) is 0. The number of ether oxygens (including phenoxy) is 1. The summed E-state index contributed by atoms with van der Waals surface area (Å²) in [6.07, 6.45) is 0. The maximum Gasteiger partial charge on any atom is 0.372 e. The van der Waals surface area contributed by atoms with Gasteiger partial charge in [-0.3, -0.25) is 0 Å². The molecule has 3 heteroatoms. The SMILES string of the molecule is C=C1COC(=O)S1. The maximum atomic E-state index is 10.1.